The van der Waals surface area contributed by atoms with E-state index in [-0.39, 0.29) is 40.2 Å². The van der Waals surface area contributed by atoms with Crippen LogP contribution in [-0.4, -0.2) is 54.6 Å². The SMILES string of the molecule is CSC[C@H](C)N1C(=O)c2c(I)cccc2C(=O)Nc2ccc(CN3c4cc(C(F)(C(F)(F)F)C(F)(F)F)ccc4NC3C(F)(F)F)cc21. The Kier molecular flexibility index (Phi) is 9.33. The van der Waals surface area contributed by atoms with E-state index in [2.05, 4.69) is 5.32 Å². The number of fused-ring (bicyclic) bond motifs is 3. The summed E-state index contributed by atoms with van der Waals surface area (Å²) in [5, 5.41) is 4.76. The van der Waals surface area contributed by atoms with Gasteiger partial charge in [-0.1, -0.05) is 18.2 Å². The Morgan fingerprint density at radius 1 is 0.875 bits per heavy atom. The summed E-state index contributed by atoms with van der Waals surface area (Å²) in [6.07, 6.45) is -18.9. The molecule has 0 aromatic heterocycles. The van der Waals surface area contributed by atoms with Crippen LogP contribution in [-0.2, 0) is 12.2 Å². The molecule has 258 valence electrons. The zero-order chi connectivity index (χ0) is 35.6. The molecule has 2 amide bonds. The van der Waals surface area contributed by atoms with Crippen LogP contribution < -0.4 is 20.4 Å². The molecular weight excluding hydrogens is 797 g/mol. The van der Waals surface area contributed by atoms with E-state index in [1.807, 2.05) is 27.9 Å². The lowest BCUT2D eigenvalue weighted by atomic mass is 9.93. The molecule has 6 nitrogen and oxygen atoms in total. The van der Waals surface area contributed by atoms with Gasteiger partial charge in [-0.2, -0.15) is 51.3 Å². The molecule has 0 fully saturated rings. The van der Waals surface area contributed by atoms with Crippen molar-refractivity contribution >= 4 is 68.9 Å². The number of rotatable bonds is 6. The lowest BCUT2D eigenvalue weighted by molar-refractivity contribution is -0.348. The largest absolute Gasteiger partial charge is 0.435 e. The number of hydrogen-bond donors (Lipinski definition) is 2. The van der Waals surface area contributed by atoms with Crippen LogP contribution in [0.5, 0.6) is 0 Å². The van der Waals surface area contributed by atoms with Gasteiger partial charge in [0.2, 0.25) is 0 Å². The van der Waals surface area contributed by atoms with Crippen molar-refractivity contribution in [3.8, 4) is 0 Å². The van der Waals surface area contributed by atoms with Crippen molar-refractivity contribution in [2.75, 3.05) is 32.4 Å². The third kappa shape index (κ3) is 6.13. The second kappa shape index (κ2) is 12.5. The molecular formula is C30H23F10IN4O2S. The third-order valence-corrected chi connectivity index (χ3v) is 9.58. The molecule has 2 aliphatic rings. The second-order valence-electron chi connectivity index (χ2n) is 11.0. The van der Waals surface area contributed by atoms with Gasteiger partial charge in [0.15, 0.2) is 6.17 Å². The Labute approximate surface area is 284 Å². The first-order chi connectivity index (χ1) is 22.2. The fourth-order valence-corrected chi connectivity index (χ4v) is 7.03. The minimum atomic E-state index is -6.49. The molecule has 2 N–H and O–H groups in total. The first-order valence-corrected chi connectivity index (χ1v) is 16.3. The molecule has 0 aliphatic carbocycles. The van der Waals surface area contributed by atoms with Crippen molar-refractivity contribution < 1.29 is 53.5 Å². The van der Waals surface area contributed by atoms with Gasteiger partial charge in [-0.25, -0.2) is 4.39 Å². The summed E-state index contributed by atoms with van der Waals surface area (Å²) in [4.78, 5) is 29.1. The zero-order valence-corrected chi connectivity index (χ0v) is 27.5. The Morgan fingerprint density at radius 2 is 1.52 bits per heavy atom. The van der Waals surface area contributed by atoms with Crippen LogP contribution in [0.3, 0.4) is 0 Å². The topological polar surface area (TPSA) is 64.7 Å². The zero-order valence-electron chi connectivity index (χ0n) is 24.5. The van der Waals surface area contributed by atoms with Gasteiger partial charge in [-0.3, -0.25) is 9.59 Å². The first kappa shape index (κ1) is 35.9. The average Bonchev–Trinajstić information content (AvgIpc) is 3.34. The summed E-state index contributed by atoms with van der Waals surface area (Å²) >= 11 is 3.29. The Balaban J connectivity index is 1.64. The van der Waals surface area contributed by atoms with Crippen molar-refractivity contribution in [2.45, 2.75) is 49.9 Å². The predicted molar refractivity (Wildman–Crippen MR) is 169 cm³/mol. The van der Waals surface area contributed by atoms with Crippen LogP contribution in [0.15, 0.2) is 54.6 Å². The normalized spacial score (nSPS) is 17.6. The van der Waals surface area contributed by atoms with Crippen LogP contribution in [0, 0.1) is 3.57 Å². The van der Waals surface area contributed by atoms with Crippen molar-refractivity contribution in [3.05, 3.63) is 80.4 Å². The lowest BCUT2D eigenvalue weighted by Gasteiger charge is -2.34. The molecule has 48 heavy (non-hydrogen) atoms. The standard InChI is InChI=1S/C30H23F10IN4O2S/c1-14(13-48-2)45-22-10-15(6-8-20(22)42-24(46)17-4-3-5-18(41)23(17)25(45)47)12-44-21-11-16(27(31,29(35,36)37)30(38,39)40)7-9-19(21)43-26(44)28(32,33)34/h3-11,14,26,43H,12-13H2,1-2H3,(H,42,46)/t14-,26?/m0/s1. The number of carbonyl (C=O) groups excluding carboxylic acids is 2. The maximum Gasteiger partial charge on any atom is 0.435 e. The van der Waals surface area contributed by atoms with E-state index >= 15 is 0 Å². The number of hydrogen-bond acceptors (Lipinski definition) is 5. The number of nitrogens with zero attached hydrogens (tertiary/aromatic N) is 2. The first-order valence-electron chi connectivity index (χ1n) is 13.8. The van der Waals surface area contributed by atoms with Crippen molar-refractivity contribution in [1.82, 2.24) is 0 Å². The molecule has 18 heteroatoms. The Bertz CT molecular complexity index is 1750. The number of nitrogens with one attached hydrogen (secondary N) is 2. The smallest absolute Gasteiger partial charge is 0.356 e. The molecule has 0 saturated carbocycles. The summed E-state index contributed by atoms with van der Waals surface area (Å²) in [6.45, 7) is 0.954. The second-order valence-corrected chi connectivity index (χ2v) is 13.1. The third-order valence-electron chi connectivity index (χ3n) is 7.86. The maximum atomic E-state index is 14.9. The van der Waals surface area contributed by atoms with Gasteiger partial charge in [0.1, 0.15) is 0 Å². The molecule has 0 bridgehead atoms. The number of halogens is 11. The fraction of sp³-hybridized carbons (Fsp3) is 0.333. The van der Waals surface area contributed by atoms with E-state index in [9.17, 15) is 53.5 Å². The van der Waals surface area contributed by atoms with Crippen molar-refractivity contribution in [2.24, 2.45) is 0 Å². The quantitative estimate of drug-likeness (QED) is 0.192. The molecule has 3 aromatic carbocycles. The molecule has 2 heterocycles. The van der Waals surface area contributed by atoms with Crippen molar-refractivity contribution in [1.29, 1.82) is 0 Å². The van der Waals surface area contributed by atoms with E-state index in [0.29, 0.717) is 20.3 Å². The fourth-order valence-electron chi connectivity index (χ4n) is 5.67. The van der Waals surface area contributed by atoms with Crippen LogP contribution in [0.1, 0.15) is 38.8 Å². The number of carbonyl (C=O) groups is 2. The summed E-state index contributed by atoms with van der Waals surface area (Å²) < 4.78 is 139. The van der Waals surface area contributed by atoms with Crippen molar-refractivity contribution in [3.63, 3.8) is 0 Å². The highest BCUT2D eigenvalue weighted by Gasteiger charge is 2.73. The molecule has 0 saturated heterocycles. The van der Waals surface area contributed by atoms with E-state index in [0.717, 1.165) is 0 Å². The van der Waals surface area contributed by atoms with Crippen LogP contribution in [0.4, 0.5) is 66.7 Å². The minimum absolute atomic E-state index is 0.0353. The van der Waals surface area contributed by atoms with Crippen LogP contribution >= 0.6 is 34.4 Å². The molecule has 2 atom stereocenters. The highest BCUT2D eigenvalue weighted by Crippen LogP contribution is 2.55. The van der Waals surface area contributed by atoms with Crippen LogP contribution in [0.25, 0.3) is 0 Å². The highest BCUT2D eigenvalue weighted by molar-refractivity contribution is 14.1. The summed E-state index contributed by atoms with van der Waals surface area (Å²) in [5.74, 6) is -0.808. The van der Waals surface area contributed by atoms with Gasteiger partial charge in [-0.05, 0) is 77.7 Å². The highest BCUT2D eigenvalue weighted by atomic mass is 127. The minimum Gasteiger partial charge on any atom is -0.356 e. The van der Waals surface area contributed by atoms with Gasteiger partial charge < -0.3 is 20.4 Å². The van der Waals surface area contributed by atoms with Gasteiger partial charge in [0, 0.05) is 27.5 Å². The number of benzene rings is 3. The van der Waals surface area contributed by atoms with E-state index in [1.54, 1.807) is 25.3 Å². The molecule has 3 aromatic rings. The number of amides is 2. The molecule has 0 radical (unpaired) electrons. The molecule has 5 rings (SSSR count). The van der Waals surface area contributed by atoms with Gasteiger partial charge in [0.05, 0.1) is 33.9 Å². The monoisotopic (exact) mass is 820 g/mol. The molecule has 0 spiro atoms. The Morgan fingerprint density at radius 3 is 2.12 bits per heavy atom. The number of thioether (sulfide) groups is 1. The number of alkyl halides is 10. The summed E-state index contributed by atoms with van der Waals surface area (Å²) in [6, 6.07) is 8.83. The number of anilines is 4. The molecule has 1 unspecified atom stereocenters. The van der Waals surface area contributed by atoms with Crippen LogP contribution in [0.2, 0.25) is 0 Å². The van der Waals surface area contributed by atoms with Gasteiger partial charge in [0.25, 0.3) is 11.8 Å². The summed E-state index contributed by atoms with van der Waals surface area (Å²) in [5.41, 5.74) is -8.64. The average molecular weight is 820 g/mol. The maximum absolute atomic E-state index is 14.9. The van der Waals surface area contributed by atoms with E-state index in [1.165, 1.54) is 40.9 Å². The molecule has 2 aliphatic heterocycles. The lowest BCUT2D eigenvalue weighted by Crippen LogP contribution is -2.50. The predicted octanol–water partition coefficient (Wildman–Crippen LogP) is 8.87. The van der Waals surface area contributed by atoms with E-state index < -0.39 is 71.7 Å². The Hall–Kier alpha value is -3.42. The van der Waals surface area contributed by atoms with Gasteiger partial charge in [-0.15, -0.1) is 0 Å². The van der Waals surface area contributed by atoms with Gasteiger partial charge >= 0.3 is 24.2 Å². The summed E-state index contributed by atoms with van der Waals surface area (Å²) in [7, 11) is 0. The van der Waals surface area contributed by atoms with E-state index in [4.69, 9.17) is 0 Å².